The SMILES string of the molecule is CC(N)CC(=O)NC(C)CC1CC1. The largest absolute Gasteiger partial charge is 0.354 e. The van der Waals surface area contributed by atoms with E-state index in [2.05, 4.69) is 12.2 Å². The fourth-order valence-corrected chi connectivity index (χ4v) is 1.54. The topological polar surface area (TPSA) is 55.1 Å². The van der Waals surface area contributed by atoms with Crippen LogP contribution in [0.15, 0.2) is 0 Å². The molecule has 1 rings (SSSR count). The molecule has 3 N–H and O–H groups in total. The normalized spacial score (nSPS) is 20.8. The van der Waals surface area contributed by atoms with Gasteiger partial charge in [-0.2, -0.15) is 0 Å². The van der Waals surface area contributed by atoms with Crippen molar-refractivity contribution in [1.29, 1.82) is 0 Å². The second kappa shape index (κ2) is 4.61. The highest BCUT2D eigenvalue weighted by Crippen LogP contribution is 2.33. The first kappa shape index (κ1) is 10.5. The highest BCUT2D eigenvalue weighted by Gasteiger charge is 2.24. The second-order valence-corrected chi connectivity index (χ2v) is 4.33. The van der Waals surface area contributed by atoms with Gasteiger partial charge >= 0.3 is 0 Å². The van der Waals surface area contributed by atoms with Crippen LogP contribution < -0.4 is 11.1 Å². The smallest absolute Gasteiger partial charge is 0.221 e. The Hall–Kier alpha value is -0.570. The highest BCUT2D eigenvalue weighted by atomic mass is 16.1. The molecular weight excluding hydrogens is 164 g/mol. The maximum Gasteiger partial charge on any atom is 0.221 e. The van der Waals surface area contributed by atoms with Crippen molar-refractivity contribution in [3.05, 3.63) is 0 Å². The summed E-state index contributed by atoms with van der Waals surface area (Å²) in [6, 6.07) is 0.284. The quantitative estimate of drug-likeness (QED) is 0.670. The van der Waals surface area contributed by atoms with Crippen molar-refractivity contribution >= 4 is 5.91 Å². The zero-order valence-electron chi connectivity index (χ0n) is 8.55. The van der Waals surface area contributed by atoms with E-state index in [0.717, 1.165) is 12.3 Å². The van der Waals surface area contributed by atoms with Gasteiger partial charge in [-0.15, -0.1) is 0 Å². The van der Waals surface area contributed by atoms with E-state index >= 15 is 0 Å². The summed E-state index contributed by atoms with van der Waals surface area (Å²) >= 11 is 0. The van der Waals surface area contributed by atoms with Gasteiger partial charge in [0.15, 0.2) is 0 Å². The van der Waals surface area contributed by atoms with E-state index < -0.39 is 0 Å². The molecule has 3 heteroatoms. The molecule has 0 aromatic carbocycles. The molecule has 1 fully saturated rings. The number of carbonyl (C=O) groups excluding carboxylic acids is 1. The molecule has 1 saturated carbocycles. The average molecular weight is 184 g/mol. The molecular formula is C10H20N2O. The van der Waals surface area contributed by atoms with Crippen molar-refractivity contribution in [3.63, 3.8) is 0 Å². The van der Waals surface area contributed by atoms with Crippen LogP contribution in [0.1, 0.15) is 39.5 Å². The Kier molecular flexibility index (Phi) is 3.72. The number of hydrogen-bond donors (Lipinski definition) is 2. The van der Waals surface area contributed by atoms with E-state index in [4.69, 9.17) is 5.73 Å². The van der Waals surface area contributed by atoms with Gasteiger partial charge in [0.1, 0.15) is 0 Å². The molecule has 2 unspecified atom stereocenters. The van der Waals surface area contributed by atoms with Crippen molar-refractivity contribution < 1.29 is 4.79 Å². The van der Waals surface area contributed by atoms with Crippen molar-refractivity contribution in [2.24, 2.45) is 11.7 Å². The van der Waals surface area contributed by atoms with Crippen LogP contribution in [0.3, 0.4) is 0 Å². The molecule has 0 spiro atoms. The first-order valence-electron chi connectivity index (χ1n) is 5.13. The van der Waals surface area contributed by atoms with Crippen molar-refractivity contribution in [3.8, 4) is 0 Å². The Bertz CT molecular complexity index is 176. The number of nitrogens with one attached hydrogen (secondary N) is 1. The van der Waals surface area contributed by atoms with E-state index in [1.165, 1.54) is 12.8 Å². The van der Waals surface area contributed by atoms with E-state index in [0.29, 0.717) is 12.5 Å². The summed E-state index contributed by atoms with van der Waals surface area (Å²) in [4.78, 5) is 11.3. The third-order valence-electron chi connectivity index (χ3n) is 2.30. The molecule has 2 atom stereocenters. The van der Waals surface area contributed by atoms with Crippen LogP contribution >= 0.6 is 0 Å². The van der Waals surface area contributed by atoms with Gasteiger partial charge in [0.25, 0.3) is 0 Å². The zero-order valence-corrected chi connectivity index (χ0v) is 8.55. The van der Waals surface area contributed by atoms with Crippen LogP contribution in [0, 0.1) is 5.92 Å². The molecule has 0 saturated heterocycles. The number of carbonyl (C=O) groups is 1. The molecule has 1 aliphatic carbocycles. The second-order valence-electron chi connectivity index (χ2n) is 4.33. The Morgan fingerprint density at radius 1 is 1.54 bits per heavy atom. The molecule has 3 nitrogen and oxygen atoms in total. The standard InChI is InChI=1S/C10H20N2O/c1-7(11)5-10(13)12-8(2)6-9-3-4-9/h7-9H,3-6,11H2,1-2H3,(H,12,13). The molecule has 0 aromatic rings. The van der Waals surface area contributed by atoms with E-state index in [9.17, 15) is 4.79 Å². The van der Waals surface area contributed by atoms with Crippen molar-refractivity contribution in [2.75, 3.05) is 0 Å². The number of rotatable bonds is 5. The first-order valence-corrected chi connectivity index (χ1v) is 5.13. The highest BCUT2D eigenvalue weighted by molar-refractivity contribution is 5.76. The Morgan fingerprint density at radius 3 is 2.62 bits per heavy atom. The number of hydrogen-bond acceptors (Lipinski definition) is 2. The molecule has 0 aromatic heterocycles. The summed E-state index contributed by atoms with van der Waals surface area (Å²) in [6.45, 7) is 3.92. The molecule has 0 aliphatic heterocycles. The van der Waals surface area contributed by atoms with Crippen LogP contribution in [0.25, 0.3) is 0 Å². The molecule has 1 aliphatic rings. The Balaban J connectivity index is 2.10. The zero-order chi connectivity index (χ0) is 9.84. The Labute approximate surface area is 80.1 Å². The average Bonchev–Trinajstić information content (AvgIpc) is 2.67. The van der Waals surface area contributed by atoms with E-state index in [1.807, 2.05) is 6.92 Å². The summed E-state index contributed by atoms with van der Waals surface area (Å²) in [5.41, 5.74) is 5.52. The lowest BCUT2D eigenvalue weighted by Crippen LogP contribution is -2.36. The van der Waals surface area contributed by atoms with Gasteiger partial charge in [0.2, 0.25) is 5.91 Å². The molecule has 13 heavy (non-hydrogen) atoms. The molecule has 76 valence electrons. The fourth-order valence-electron chi connectivity index (χ4n) is 1.54. The third-order valence-corrected chi connectivity index (χ3v) is 2.30. The summed E-state index contributed by atoms with van der Waals surface area (Å²) < 4.78 is 0. The lowest BCUT2D eigenvalue weighted by Gasteiger charge is -2.14. The fraction of sp³-hybridized carbons (Fsp3) is 0.900. The lowest BCUT2D eigenvalue weighted by molar-refractivity contribution is -0.122. The Morgan fingerprint density at radius 2 is 2.15 bits per heavy atom. The van der Waals surface area contributed by atoms with Crippen molar-refractivity contribution in [1.82, 2.24) is 5.32 Å². The minimum Gasteiger partial charge on any atom is -0.354 e. The summed E-state index contributed by atoms with van der Waals surface area (Å²) in [5, 5.41) is 2.96. The number of nitrogens with two attached hydrogens (primary N) is 1. The van der Waals surface area contributed by atoms with Gasteiger partial charge in [-0.1, -0.05) is 12.8 Å². The molecule has 0 heterocycles. The van der Waals surface area contributed by atoms with Gasteiger partial charge in [-0.05, 0) is 26.2 Å². The molecule has 0 radical (unpaired) electrons. The van der Waals surface area contributed by atoms with Crippen LogP contribution in [0.2, 0.25) is 0 Å². The van der Waals surface area contributed by atoms with Crippen LogP contribution in [0.4, 0.5) is 0 Å². The number of amides is 1. The van der Waals surface area contributed by atoms with Crippen LogP contribution in [-0.4, -0.2) is 18.0 Å². The van der Waals surface area contributed by atoms with Gasteiger partial charge < -0.3 is 11.1 Å². The summed E-state index contributed by atoms with van der Waals surface area (Å²) in [5.74, 6) is 0.953. The predicted octanol–water partition coefficient (Wildman–Crippen LogP) is 1.03. The maximum atomic E-state index is 11.3. The molecule has 0 bridgehead atoms. The summed E-state index contributed by atoms with van der Waals surface area (Å²) in [7, 11) is 0. The minimum atomic E-state index is -0.0341. The maximum absolute atomic E-state index is 11.3. The monoisotopic (exact) mass is 184 g/mol. The summed E-state index contributed by atoms with van der Waals surface area (Å²) in [6.07, 6.45) is 4.25. The van der Waals surface area contributed by atoms with Gasteiger partial charge in [-0.3, -0.25) is 4.79 Å². The molecule has 1 amide bonds. The minimum absolute atomic E-state index is 0.0341. The van der Waals surface area contributed by atoms with Gasteiger partial charge in [-0.25, -0.2) is 0 Å². The van der Waals surface area contributed by atoms with Crippen LogP contribution in [0.5, 0.6) is 0 Å². The lowest BCUT2D eigenvalue weighted by atomic mass is 10.1. The van der Waals surface area contributed by atoms with E-state index in [1.54, 1.807) is 0 Å². The van der Waals surface area contributed by atoms with Gasteiger partial charge in [0.05, 0.1) is 0 Å². The van der Waals surface area contributed by atoms with Crippen LogP contribution in [-0.2, 0) is 4.79 Å². The van der Waals surface area contributed by atoms with E-state index in [-0.39, 0.29) is 11.9 Å². The van der Waals surface area contributed by atoms with Gasteiger partial charge in [0, 0.05) is 18.5 Å². The third kappa shape index (κ3) is 4.88. The first-order chi connectivity index (χ1) is 6.08. The predicted molar refractivity (Wildman–Crippen MR) is 53.2 cm³/mol. The van der Waals surface area contributed by atoms with Crippen molar-refractivity contribution in [2.45, 2.75) is 51.6 Å².